The predicted octanol–water partition coefficient (Wildman–Crippen LogP) is 7.57. The maximum absolute atomic E-state index is 4.83. The monoisotopic (exact) mass is 475 g/mol. The molecule has 0 aliphatic heterocycles. The topological polar surface area (TPSA) is 67.3 Å². The molecule has 0 bridgehead atoms. The van der Waals surface area contributed by atoms with Gasteiger partial charge in [-0.25, -0.2) is 15.0 Å². The highest BCUT2D eigenvalue weighted by molar-refractivity contribution is 6.08. The molecular formula is C32H21N5. The summed E-state index contributed by atoms with van der Waals surface area (Å²) >= 11 is 0. The number of nitrogens with one attached hydrogen (secondary N) is 1. The number of H-pyrrole nitrogens is 1. The van der Waals surface area contributed by atoms with Gasteiger partial charge in [0, 0.05) is 39.1 Å². The number of para-hydroxylation sites is 1. The standard InChI is InChI=1S/C32H21N5/c1-3-9-21(10-4-1)30-35-31(22-11-5-2-6-12-22)37-32(36-30)29-20-24(17-18-33-29)23-15-16-28-26(19-23)25-13-7-8-14-27(25)34-28/h1-20,34H. The summed E-state index contributed by atoms with van der Waals surface area (Å²) < 4.78 is 0. The number of fused-ring (bicyclic) bond motifs is 3. The normalized spacial score (nSPS) is 11.2. The maximum atomic E-state index is 4.83. The van der Waals surface area contributed by atoms with E-state index in [0.29, 0.717) is 23.2 Å². The molecule has 0 aliphatic carbocycles. The van der Waals surface area contributed by atoms with Gasteiger partial charge in [-0.15, -0.1) is 0 Å². The van der Waals surface area contributed by atoms with Crippen molar-refractivity contribution in [2.24, 2.45) is 0 Å². The Morgan fingerprint density at radius 2 is 1.03 bits per heavy atom. The van der Waals surface area contributed by atoms with Crippen LogP contribution in [-0.4, -0.2) is 24.9 Å². The van der Waals surface area contributed by atoms with Gasteiger partial charge in [0.15, 0.2) is 17.5 Å². The van der Waals surface area contributed by atoms with Crippen molar-refractivity contribution in [3.05, 3.63) is 121 Å². The molecule has 1 N–H and O–H groups in total. The first-order valence-electron chi connectivity index (χ1n) is 12.2. The van der Waals surface area contributed by atoms with Crippen LogP contribution < -0.4 is 0 Å². The summed E-state index contributed by atoms with van der Waals surface area (Å²) in [6.45, 7) is 0. The molecule has 4 aromatic carbocycles. The third-order valence-electron chi connectivity index (χ3n) is 6.53. The Hall–Kier alpha value is -5.16. The zero-order valence-electron chi connectivity index (χ0n) is 19.8. The lowest BCUT2D eigenvalue weighted by Crippen LogP contribution is -2.01. The zero-order chi connectivity index (χ0) is 24.6. The Bertz CT molecular complexity index is 1820. The van der Waals surface area contributed by atoms with Gasteiger partial charge in [0.25, 0.3) is 0 Å². The van der Waals surface area contributed by atoms with Gasteiger partial charge in [0.1, 0.15) is 5.69 Å². The Morgan fingerprint density at radius 1 is 0.432 bits per heavy atom. The van der Waals surface area contributed by atoms with Gasteiger partial charge in [0.05, 0.1) is 0 Å². The number of benzene rings is 4. The Balaban J connectivity index is 1.36. The molecule has 3 aromatic heterocycles. The number of hydrogen-bond acceptors (Lipinski definition) is 4. The van der Waals surface area contributed by atoms with E-state index < -0.39 is 0 Å². The summed E-state index contributed by atoms with van der Waals surface area (Å²) in [6, 6.07) is 38.9. The van der Waals surface area contributed by atoms with Crippen LogP contribution in [0.2, 0.25) is 0 Å². The van der Waals surface area contributed by atoms with E-state index in [-0.39, 0.29) is 0 Å². The number of aromatic nitrogens is 5. The van der Waals surface area contributed by atoms with Gasteiger partial charge in [-0.3, -0.25) is 4.98 Å². The lowest BCUT2D eigenvalue weighted by atomic mass is 10.0. The van der Waals surface area contributed by atoms with Crippen molar-refractivity contribution in [2.75, 3.05) is 0 Å². The fraction of sp³-hybridized carbons (Fsp3) is 0. The Morgan fingerprint density at radius 3 is 1.76 bits per heavy atom. The molecule has 0 amide bonds. The van der Waals surface area contributed by atoms with E-state index in [1.165, 1.54) is 10.8 Å². The average molecular weight is 476 g/mol. The number of pyridine rings is 1. The van der Waals surface area contributed by atoms with E-state index in [9.17, 15) is 0 Å². The minimum Gasteiger partial charge on any atom is -0.355 e. The first-order chi connectivity index (χ1) is 18.3. The van der Waals surface area contributed by atoms with E-state index in [2.05, 4.69) is 58.5 Å². The van der Waals surface area contributed by atoms with Crippen molar-refractivity contribution in [2.45, 2.75) is 0 Å². The number of hydrogen-bond donors (Lipinski definition) is 1. The van der Waals surface area contributed by atoms with Gasteiger partial charge in [-0.2, -0.15) is 0 Å². The third-order valence-corrected chi connectivity index (χ3v) is 6.53. The molecule has 0 saturated heterocycles. The second kappa shape index (κ2) is 8.81. The largest absolute Gasteiger partial charge is 0.355 e. The lowest BCUT2D eigenvalue weighted by molar-refractivity contribution is 1.06. The van der Waals surface area contributed by atoms with E-state index in [1.54, 1.807) is 0 Å². The number of rotatable bonds is 4. The molecule has 5 nitrogen and oxygen atoms in total. The highest BCUT2D eigenvalue weighted by atomic mass is 15.0. The third kappa shape index (κ3) is 3.93. The molecule has 0 atom stereocenters. The van der Waals surface area contributed by atoms with Gasteiger partial charge in [0.2, 0.25) is 0 Å². The van der Waals surface area contributed by atoms with Crippen molar-refractivity contribution in [3.63, 3.8) is 0 Å². The van der Waals surface area contributed by atoms with E-state index in [0.717, 1.165) is 33.3 Å². The van der Waals surface area contributed by atoms with Crippen LogP contribution in [0, 0.1) is 0 Å². The summed E-state index contributed by atoms with van der Waals surface area (Å²) in [5.41, 5.74) is 7.00. The van der Waals surface area contributed by atoms with Crippen LogP contribution in [0.3, 0.4) is 0 Å². The molecule has 0 radical (unpaired) electrons. The Kier molecular flexibility index (Phi) is 5.03. The maximum Gasteiger partial charge on any atom is 0.182 e. The van der Waals surface area contributed by atoms with Gasteiger partial charge in [-0.1, -0.05) is 84.9 Å². The van der Waals surface area contributed by atoms with Crippen molar-refractivity contribution in [1.29, 1.82) is 0 Å². The van der Waals surface area contributed by atoms with Crippen molar-refractivity contribution in [3.8, 4) is 45.4 Å². The van der Waals surface area contributed by atoms with Crippen molar-refractivity contribution >= 4 is 21.8 Å². The van der Waals surface area contributed by atoms with Crippen LogP contribution in [-0.2, 0) is 0 Å². The number of aromatic amines is 1. The van der Waals surface area contributed by atoms with Crippen molar-refractivity contribution < 1.29 is 0 Å². The molecule has 0 saturated carbocycles. The average Bonchev–Trinajstić information content (AvgIpc) is 3.36. The van der Waals surface area contributed by atoms with Gasteiger partial charge < -0.3 is 4.98 Å². The van der Waals surface area contributed by atoms with Crippen LogP contribution in [0.4, 0.5) is 0 Å². The quantitative estimate of drug-likeness (QED) is 0.285. The minimum atomic E-state index is 0.544. The molecule has 0 spiro atoms. The summed E-state index contributed by atoms with van der Waals surface area (Å²) in [7, 11) is 0. The summed E-state index contributed by atoms with van der Waals surface area (Å²) in [5.74, 6) is 1.79. The molecule has 5 heteroatoms. The fourth-order valence-electron chi connectivity index (χ4n) is 4.68. The summed E-state index contributed by atoms with van der Waals surface area (Å²) in [4.78, 5) is 22.6. The molecule has 7 aromatic rings. The molecule has 3 heterocycles. The van der Waals surface area contributed by atoms with Crippen LogP contribution >= 0.6 is 0 Å². The van der Waals surface area contributed by atoms with Crippen molar-refractivity contribution in [1.82, 2.24) is 24.9 Å². The van der Waals surface area contributed by atoms with E-state index in [4.69, 9.17) is 15.0 Å². The SMILES string of the molecule is c1ccc(-c2nc(-c3ccccc3)nc(-c3cc(-c4ccc5[nH]c6ccccc6c5c4)ccn3)n2)cc1. The minimum absolute atomic E-state index is 0.544. The van der Waals surface area contributed by atoms with Crippen LogP contribution in [0.15, 0.2) is 121 Å². The number of nitrogens with zero attached hydrogens (tertiary/aromatic N) is 4. The zero-order valence-corrected chi connectivity index (χ0v) is 19.8. The molecule has 0 aliphatic rings. The first-order valence-corrected chi connectivity index (χ1v) is 12.2. The smallest absolute Gasteiger partial charge is 0.182 e. The lowest BCUT2D eigenvalue weighted by Gasteiger charge is -2.09. The second-order valence-electron chi connectivity index (χ2n) is 8.90. The van der Waals surface area contributed by atoms with Crippen LogP contribution in [0.25, 0.3) is 67.2 Å². The van der Waals surface area contributed by atoms with Crippen LogP contribution in [0.5, 0.6) is 0 Å². The molecule has 7 rings (SSSR count). The fourth-order valence-corrected chi connectivity index (χ4v) is 4.68. The first kappa shape index (κ1) is 21.1. The molecule has 0 unspecified atom stereocenters. The highest BCUT2D eigenvalue weighted by Crippen LogP contribution is 2.31. The molecule has 37 heavy (non-hydrogen) atoms. The molecule has 174 valence electrons. The predicted molar refractivity (Wildman–Crippen MR) is 149 cm³/mol. The second-order valence-corrected chi connectivity index (χ2v) is 8.90. The van der Waals surface area contributed by atoms with Crippen LogP contribution in [0.1, 0.15) is 0 Å². The van der Waals surface area contributed by atoms with Gasteiger partial charge in [-0.05, 0) is 41.5 Å². The molecule has 0 fully saturated rings. The van der Waals surface area contributed by atoms with E-state index >= 15 is 0 Å². The van der Waals surface area contributed by atoms with E-state index in [1.807, 2.05) is 72.9 Å². The summed E-state index contributed by atoms with van der Waals surface area (Å²) in [5, 5.41) is 2.41. The molecular weight excluding hydrogens is 454 g/mol. The summed E-state index contributed by atoms with van der Waals surface area (Å²) in [6.07, 6.45) is 1.82. The highest BCUT2D eigenvalue weighted by Gasteiger charge is 2.14. The Labute approximate surface area is 213 Å². The van der Waals surface area contributed by atoms with Gasteiger partial charge >= 0.3 is 0 Å².